The van der Waals surface area contributed by atoms with Crippen molar-refractivity contribution >= 4 is 19.0 Å². The number of benzene rings is 1. The molecule has 0 saturated carbocycles. The van der Waals surface area contributed by atoms with Crippen molar-refractivity contribution in [1.29, 1.82) is 0 Å². The van der Waals surface area contributed by atoms with Crippen molar-refractivity contribution in [1.82, 2.24) is 25.0 Å². The summed E-state index contributed by atoms with van der Waals surface area (Å²) in [6, 6.07) is 1.04. The van der Waals surface area contributed by atoms with E-state index in [1.165, 1.54) is 23.4 Å². The summed E-state index contributed by atoms with van der Waals surface area (Å²) in [5.41, 5.74) is 3.29. The van der Waals surface area contributed by atoms with Crippen LogP contribution in [0.3, 0.4) is 0 Å². The first-order chi connectivity index (χ1) is 16.6. The Balaban J connectivity index is 1.39. The topological polar surface area (TPSA) is 231 Å². The van der Waals surface area contributed by atoms with Gasteiger partial charge in [0.1, 0.15) is 30.2 Å². The molecule has 190 valence electrons. The van der Waals surface area contributed by atoms with Crippen molar-refractivity contribution in [3.63, 3.8) is 0 Å². The van der Waals surface area contributed by atoms with Gasteiger partial charge < -0.3 is 34.4 Å². The van der Waals surface area contributed by atoms with Crippen LogP contribution in [0.1, 0.15) is 11.8 Å². The molecule has 7 N–H and O–H groups in total. The minimum Gasteiger partial charge on any atom is -0.504 e. The van der Waals surface area contributed by atoms with Crippen LogP contribution in [-0.4, -0.2) is 81.8 Å². The quantitative estimate of drug-likeness (QED) is 0.0789. The average molecular weight is 515 g/mol. The second-order valence-corrected chi connectivity index (χ2v) is 8.57. The molecule has 2 aromatic heterocycles. The summed E-state index contributed by atoms with van der Waals surface area (Å²) >= 11 is 0. The molecule has 16 nitrogen and oxygen atoms in total. The van der Waals surface area contributed by atoms with E-state index in [-0.39, 0.29) is 18.7 Å². The van der Waals surface area contributed by atoms with Gasteiger partial charge in [-0.2, -0.15) is 5.48 Å². The Labute approximate surface area is 196 Å². The summed E-state index contributed by atoms with van der Waals surface area (Å²) in [6.07, 6.45) is -0.386. The highest BCUT2D eigenvalue weighted by Gasteiger charge is 2.44. The highest BCUT2D eigenvalue weighted by molar-refractivity contribution is 7.46. The number of nitrogens with one attached hydrogen (secondary N) is 1. The number of phosphoric ester groups is 1. The minimum atomic E-state index is -4.99. The predicted molar refractivity (Wildman–Crippen MR) is 113 cm³/mol. The van der Waals surface area contributed by atoms with Crippen LogP contribution in [0.15, 0.2) is 24.9 Å². The third kappa shape index (κ3) is 5.14. The second kappa shape index (κ2) is 9.88. The predicted octanol–water partition coefficient (Wildman–Crippen LogP) is -0.942. The first kappa shape index (κ1) is 25.0. The lowest BCUT2D eigenvalue weighted by atomic mass is 10.1. The van der Waals surface area contributed by atoms with Gasteiger partial charge in [0.15, 0.2) is 23.4 Å². The number of fused-ring (bicyclic) bond motifs is 1. The molecular formula is C18H22N5O11P. The molecule has 0 aliphatic carbocycles. The molecule has 1 fully saturated rings. The number of hydrogen-bond acceptors (Lipinski definition) is 13. The number of aromatic hydroxyl groups is 2. The van der Waals surface area contributed by atoms with E-state index < -0.39 is 55.4 Å². The zero-order chi connectivity index (χ0) is 25.3. The van der Waals surface area contributed by atoms with E-state index in [9.17, 15) is 25.0 Å². The van der Waals surface area contributed by atoms with E-state index in [0.29, 0.717) is 11.2 Å². The van der Waals surface area contributed by atoms with Crippen molar-refractivity contribution in [3.8, 4) is 23.0 Å². The van der Waals surface area contributed by atoms with Crippen LogP contribution in [0, 0.1) is 0 Å². The maximum Gasteiger partial charge on any atom is 0.524 e. The largest absolute Gasteiger partial charge is 0.524 e. The Hall–Kier alpha value is -3.08. The number of rotatable bonds is 9. The van der Waals surface area contributed by atoms with E-state index in [4.69, 9.17) is 24.1 Å². The summed E-state index contributed by atoms with van der Waals surface area (Å²) in [7, 11) is -3.88. The standard InChI is InChI=1S/C18H22N5O11P/c1-31-16-10(34-35(28,29)30)2-8(12(24)14(16)26)3-22-32-5-11-13(25)15(27)18(33-11)23-7-21-9-4-19-6-20-17(9)23/h2,4,6-7,11,13,15,18,22,24-27H,3,5H2,1H3,(H2,28,29,30)/t11-,13-,15-,18-/m1/s1. The number of hydroxylamine groups is 1. The first-order valence-electron chi connectivity index (χ1n) is 9.96. The lowest BCUT2D eigenvalue weighted by molar-refractivity contribution is -0.0873. The number of phenolic OH excluding ortho intramolecular Hbond substituents is 2. The van der Waals surface area contributed by atoms with Gasteiger partial charge in [0.05, 0.1) is 26.2 Å². The summed E-state index contributed by atoms with van der Waals surface area (Å²) in [4.78, 5) is 35.5. The van der Waals surface area contributed by atoms with Crippen LogP contribution in [0.2, 0.25) is 0 Å². The van der Waals surface area contributed by atoms with Gasteiger partial charge in [0.25, 0.3) is 0 Å². The van der Waals surface area contributed by atoms with Gasteiger partial charge in [-0.15, -0.1) is 0 Å². The lowest BCUT2D eigenvalue weighted by Gasteiger charge is -2.17. The van der Waals surface area contributed by atoms with Gasteiger partial charge >= 0.3 is 7.82 Å². The first-order valence-corrected chi connectivity index (χ1v) is 11.5. The zero-order valence-corrected chi connectivity index (χ0v) is 18.9. The Morgan fingerprint density at radius 1 is 1.20 bits per heavy atom. The van der Waals surface area contributed by atoms with Crippen molar-refractivity contribution in [2.24, 2.45) is 0 Å². The fourth-order valence-corrected chi connectivity index (χ4v) is 3.93. The Morgan fingerprint density at radius 2 is 1.97 bits per heavy atom. The number of aromatic nitrogens is 4. The monoisotopic (exact) mass is 515 g/mol. The molecule has 3 heterocycles. The van der Waals surface area contributed by atoms with Crippen LogP contribution in [0.25, 0.3) is 11.2 Å². The van der Waals surface area contributed by atoms with Crippen molar-refractivity contribution < 1.29 is 53.6 Å². The fourth-order valence-electron chi connectivity index (χ4n) is 3.53. The molecule has 1 aromatic carbocycles. The summed E-state index contributed by atoms with van der Waals surface area (Å²) in [5, 5.41) is 41.0. The number of aliphatic hydroxyl groups excluding tert-OH is 2. The smallest absolute Gasteiger partial charge is 0.504 e. The minimum absolute atomic E-state index is 0.0536. The molecule has 4 atom stereocenters. The fraction of sp³-hybridized carbons (Fsp3) is 0.389. The Kier molecular flexibility index (Phi) is 7.07. The molecule has 35 heavy (non-hydrogen) atoms. The number of phenols is 2. The van der Waals surface area contributed by atoms with Crippen molar-refractivity contribution in [2.75, 3.05) is 13.7 Å². The van der Waals surface area contributed by atoms with Gasteiger partial charge in [-0.1, -0.05) is 0 Å². The number of aliphatic hydroxyl groups is 2. The van der Waals surface area contributed by atoms with Crippen LogP contribution < -0.4 is 14.7 Å². The molecule has 0 bridgehead atoms. The molecule has 17 heteroatoms. The SMILES string of the molecule is COc1c(OP(=O)(O)O)cc(CNOC[C@H]2O[C@@H](n3cnc4cncnc43)[C@H](O)[C@@H]2O)c(O)c1O. The van der Waals surface area contributed by atoms with Crippen molar-refractivity contribution in [3.05, 3.63) is 30.5 Å². The molecule has 0 unspecified atom stereocenters. The maximum atomic E-state index is 11.2. The van der Waals surface area contributed by atoms with E-state index in [1.807, 2.05) is 0 Å². The van der Waals surface area contributed by atoms with Gasteiger partial charge in [-0.3, -0.25) is 19.2 Å². The van der Waals surface area contributed by atoms with E-state index >= 15 is 0 Å². The van der Waals surface area contributed by atoms with E-state index in [1.54, 1.807) is 0 Å². The van der Waals surface area contributed by atoms with Crippen molar-refractivity contribution in [2.45, 2.75) is 31.1 Å². The third-order valence-corrected chi connectivity index (χ3v) is 5.59. The molecule has 3 aromatic rings. The molecule has 1 saturated heterocycles. The lowest BCUT2D eigenvalue weighted by Crippen LogP contribution is -2.35. The number of hydrogen-bond donors (Lipinski definition) is 7. The van der Waals surface area contributed by atoms with Crippen LogP contribution in [-0.2, 0) is 20.7 Å². The van der Waals surface area contributed by atoms with Gasteiger partial charge in [0, 0.05) is 12.1 Å². The second-order valence-electron chi connectivity index (χ2n) is 7.41. The highest BCUT2D eigenvalue weighted by atomic mass is 31.2. The highest BCUT2D eigenvalue weighted by Crippen LogP contribution is 2.50. The summed E-state index contributed by atoms with van der Waals surface area (Å²) in [6.45, 7) is -0.510. The maximum absolute atomic E-state index is 11.2. The number of ether oxygens (including phenoxy) is 2. The molecule has 0 radical (unpaired) electrons. The zero-order valence-electron chi connectivity index (χ0n) is 18.0. The third-order valence-electron chi connectivity index (χ3n) is 5.16. The van der Waals surface area contributed by atoms with Crippen LogP contribution >= 0.6 is 7.82 Å². The summed E-state index contributed by atoms with van der Waals surface area (Å²) < 4.78 is 27.7. The number of imidazole rings is 1. The number of phosphoric acid groups is 1. The van der Waals surface area contributed by atoms with Gasteiger partial charge in [-0.05, 0) is 6.07 Å². The molecule has 0 spiro atoms. The number of nitrogens with zero attached hydrogens (tertiary/aromatic N) is 4. The Morgan fingerprint density at radius 3 is 2.69 bits per heavy atom. The van der Waals surface area contributed by atoms with E-state index in [2.05, 4.69) is 25.0 Å². The van der Waals surface area contributed by atoms with Crippen LogP contribution in [0.4, 0.5) is 0 Å². The Bertz CT molecular complexity index is 1250. The van der Waals surface area contributed by atoms with E-state index in [0.717, 1.165) is 13.2 Å². The summed E-state index contributed by atoms with van der Waals surface area (Å²) in [5.74, 6) is -2.43. The van der Waals surface area contributed by atoms with Crippen LogP contribution in [0.5, 0.6) is 23.0 Å². The van der Waals surface area contributed by atoms with Gasteiger partial charge in [0.2, 0.25) is 11.5 Å². The molecule has 1 aliphatic heterocycles. The average Bonchev–Trinajstić information content (AvgIpc) is 3.35. The molecule has 1 aliphatic rings. The van der Waals surface area contributed by atoms with Gasteiger partial charge in [-0.25, -0.2) is 19.5 Å². The number of methoxy groups -OCH3 is 1. The molecule has 4 rings (SSSR count). The molecule has 0 amide bonds. The normalized spacial score (nSPS) is 22.5. The molecular weight excluding hydrogens is 493 g/mol.